The van der Waals surface area contributed by atoms with E-state index in [9.17, 15) is 26.4 Å². The van der Waals surface area contributed by atoms with Gasteiger partial charge in [-0.2, -0.15) is 17.5 Å². The predicted molar refractivity (Wildman–Crippen MR) is 102 cm³/mol. The molecular weight excluding hydrogens is 423 g/mol. The average Bonchev–Trinajstić information content (AvgIpc) is 3.30. The van der Waals surface area contributed by atoms with Gasteiger partial charge in [-0.3, -0.25) is 4.79 Å². The zero-order valence-electron chi connectivity index (χ0n) is 16.7. The molecule has 0 spiro atoms. The summed E-state index contributed by atoms with van der Waals surface area (Å²) < 4.78 is 70.3. The smallest absolute Gasteiger partial charge is 0.359 e. The molecular formula is C19H22F3N3O4S. The van der Waals surface area contributed by atoms with Crippen molar-refractivity contribution in [3.8, 4) is 0 Å². The van der Waals surface area contributed by atoms with Crippen LogP contribution in [0.2, 0.25) is 0 Å². The average molecular weight is 445 g/mol. The fraction of sp³-hybridized carbons (Fsp3) is 0.474. The maximum Gasteiger partial charge on any atom is 0.416 e. The lowest BCUT2D eigenvalue weighted by Gasteiger charge is -2.23. The highest BCUT2D eigenvalue weighted by atomic mass is 32.2. The topological polar surface area (TPSA) is 92.5 Å². The number of alkyl halides is 3. The van der Waals surface area contributed by atoms with Crippen LogP contribution in [0, 0.1) is 0 Å². The van der Waals surface area contributed by atoms with Crippen LogP contribution in [-0.2, 0) is 26.4 Å². The summed E-state index contributed by atoms with van der Waals surface area (Å²) in [5, 5.41) is 6.35. The van der Waals surface area contributed by atoms with Gasteiger partial charge in [0, 0.05) is 18.0 Å². The molecule has 1 aliphatic heterocycles. The fourth-order valence-corrected chi connectivity index (χ4v) is 4.79. The number of benzene rings is 1. The minimum absolute atomic E-state index is 0.0908. The molecule has 11 heteroatoms. The van der Waals surface area contributed by atoms with Gasteiger partial charge in [0.2, 0.25) is 15.9 Å². The summed E-state index contributed by atoms with van der Waals surface area (Å²) in [5.74, 6) is 0.152. The molecule has 1 fully saturated rings. The third kappa shape index (κ3) is 4.51. The highest BCUT2D eigenvalue weighted by Crippen LogP contribution is 2.32. The van der Waals surface area contributed by atoms with Crippen molar-refractivity contribution in [2.75, 3.05) is 11.9 Å². The monoisotopic (exact) mass is 445 g/mol. The van der Waals surface area contributed by atoms with Crippen molar-refractivity contribution >= 4 is 21.7 Å². The van der Waals surface area contributed by atoms with Gasteiger partial charge in [-0.1, -0.05) is 25.9 Å². The highest BCUT2D eigenvalue weighted by molar-refractivity contribution is 7.89. The standard InChI is InChI=1S/C19H22F3N3O4S/c1-18(2,3)15-11-16(24-29-15)23-17(26)14-5-4-10-25(14)30(27,28)13-8-6-12(7-9-13)19(20,21)22/h6-9,11,14H,4-5,10H2,1-3H3,(H,23,24,26)/t14-/m0/s1. The number of aromatic nitrogens is 1. The van der Waals surface area contributed by atoms with Gasteiger partial charge in [-0.25, -0.2) is 8.42 Å². The summed E-state index contributed by atoms with van der Waals surface area (Å²) in [6.45, 7) is 5.82. The molecule has 0 saturated carbocycles. The molecule has 1 aliphatic rings. The van der Waals surface area contributed by atoms with E-state index in [0.29, 0.717) is 24.3 Å². The normalized spacial score (nSPS) is 18.5. The first-order valence-corrected chi connectivity index (χ1v) is 10.7. The first-order valence-electron chi connectivity index (χ1n) is 9.27. The Morgan fingerprint density at radius 3 is 2.37 bits per heavy atom. The second-order valence-electron chi connectivity index (χ2n) is 8.11. The number of halogens is 3. The van der Waals surface area contributed by atoms with E-state index in [1.54, 1.807) is 6.07 Å². The summed E-state index contributed by atoms with van der Waals surface area (Å²) in [6.07, 6.45) is -3.83. The molecule has 0 aliphatic carbocycles. The molecule has 1 amide bonds. The van der Waals surface area contributed by atoms with E-state index < -0.39 is 33.7 Å². The van der Waals surface area contributed by atoms with Crippen molar-refractivity contribution in [1.82, 2.24) is 9.46 Å². The minimum atomic E-state index is -4.57. The number of amides is 1. The largest absolute Gasteiger partial charge is 0.416 e. The van der Waals surface area contributed by atoms with E-state index in [-0.39, 0.29) is 29.1 Å². The van der Waals surface area contributed by atoms with E-state index in [2.05, 4.69) is 10.5 Å². The van der Waals surface area contributed by atoms with Crippen LogP contribution in [0.15, 0.2) is 39.8 Å². The van der Waals surface area contributed by atoms with Crippen LogP contribution in [-0.4, -0.2) is 36.4 Å². The van der Waals surface area contributed by atoms with Crippen LogP contribution in [0.3, 0.4) is 0 Å². The van der Waals surface area contributed by atoms with Crippen molar-refractivity contribution in [3.05, 3.63) is 41.7 Å². The van der Waals surface area contributed by atoms with Crippen molar-refractivity contribution in [2.24, 2.45) is 0 Å². The third-order valence-corrected chi connectivity index (χ3v) is 6.72. The Kier molecular flexibility index (Phi) is 5.72. The number of nitrogens with one attached hydrogen (secondary N) is 1. The molecule has 0 radical (unpaired) electrons. The molecule has 0 unspecified atom stereocenters. The van der Waals surface area contributed by atoms with Crippen molar-refractivity contribution < 1.29 is 30.9 Å². The second kappa shape index (κ2) is 7.69. The fourth-order valence-electron chi connectivity index (χ4n) is 3.14. The molecule has 1 aromatic heterocycles. The zero-order valence-corrected chi connectivity index (χ0v) is 17.5. The number of nitrogens with zero attached hydrogens (tertiary/aromatic N) is 2. The number of sulfonamides is 1. The van der Waals surface area contributed by atoms with Gasteiger partial charge < -0.3 is 9.84 Å². The van der Waals surface area contributed by atoms with E-state index in [0.717, 1.165) is 16.4 Å². The molecule has 2 aromatic rings. The van der Waals surface area contributed by atoms with Gasteiger partial charge in [-0.15, -0.1) is 0 Å². The summed E-state index contributed by atoms with van der Waals surface area (Å²) in [6, 6.07) is 3.80. The molecule has 0 bridgehead atoms. The number of hydrogen-bond donors (Lipinski definition) is 1. The van der Waals surface area contributed by atoms with Gasteiger partial charge in [0.15, 0.2) is 5.82 Å². The molecule has 3 rings (SSSR count). The summed E-state index contributed by atoms with van der Waals surface area (Å²) >= 11 is 0. The van der Waals surface area contributed by atoms with E-state index >= 15 is 0 Å². The molecule has 1 N–H and O–H groups in total. The Morgan fingerprint density at radius 1 is 1.20 bits per heavy atom. The first-order chi connectivity index (χ1) is 13.8. The molecule has 164 valence electrons. The molecule has 30 heavy (non-hydrogen) atoms. The van der Waals surface area contributed by atoms with Crippen LogP contribution in [0.5, 0.6) is 0 Å². The second-order valence-corrected chi connectivity index (χ2v) is 10.0. The van der Waals surface area contributed by atoms with Gasteiger partial charge in [-0.05, 0) is 37.1 Å². The number of carbonyl (C=O) groups excluding carboxylic acids is 1. The number of rotatable bonds is 4. The Hall–Kier alpha value is -2.40. The van der Waals surface area contributed by atoms with E-state index in [1.165, 1.54) is 0 Å². The zero-order chi connectivity index (χ0) is 22.3. The Morgan fingerprint density at radius 2 is 1.83 bits per heavy atom. The molecule has 2 heterocycles. The lowest BCUT2D eigenvalue weighted by Crippen LogP contribution is -2.43. The van der Waals surface area contributed by atoms with Gasteiger partial charge in [0.1, 0.15) is 11.8 Å². The number of hydrogen-bond acceptors (Lipinski definition) is 5. The van der Waals surface area contributed by atoms with Crippen LogP contribution in [0.1, 0.15) is 44.9 Å². The Balaban J connectivity index is 1.78. The van der Waals surface area contributed by atoms with Crippen LogP contribution < -0.4 is 5.32 Å². The maximum atomic E-state index is 12.9. The maximum absolute atomic E-state index is 12.9. The predicted octanol–water partition coefficient (Wildman–Crippen LogP) is 3.78. The molecule has 7 nitrogen and oxygen atoms in total. The summed E-state index contributed by atoms with van der Waals surface area (Å²) in [7, 11) is -4.14. The molecule has 1 atom stereocenters. The van der Waals surface area contributed by atoms with Crippen molar-refractivity contribution in [2.45, 2.75) is 56.1 Å². The third-order valence-electron chi connectivity index (χ3n) is 4.80. The first kappa shape index (κ1) is 22.3. The van der Waals surface area contributed by atoms with Gasteiger partial charge in [0.05, 0.1) is 10.5 Å². The van der Waals surface area contributed by atoms with Crippen LogP contribution in [0.25, 0.3) is 0 Å². The lowest BCUT2D eigenvalue weighted by atomic mass is 9.93. The minimum Gasteiger partial charge on any atom is -0.359 e. The van der Waals surface area contributed by atoms with Gasteiger partial charge in [0.25, 0.3) is 0 Å². The quantitative estimate of drug-likeness (QED) is 0.773. The van der Waals surface area contributed by atoms with Crippen molar-refractivity contribution in [3.63, 3.8) is 0 Å². The van der Waals surface area contributed by atoms with Crippen LogP contribution >= 0.6 is 0 Å². The summed E-state index contributed by atoms with van der Waals surface area (Å²) in [4.78, 5) is 12.4. The van der Waals surface area contributed by atoms with E-state index in [1.807, 2.05) is 20.8 Å². The Bertz CT molecular complexity index is 1020. The molecule has 1 aromatic carbocycles. The van der Waals surface area contributed by atoms with Crippen molar-refractivity contribution in [1.29, 1.82) is 0 Å². The number of anilines is 1. The highest BCUT2D eigenvalue weighted by Gasteiger charge is 2.40. The van der Waals surface area contributed by atoms with Crippen LogP contribution in [0.4, 0.5) is 19.0 Å². The lowest BCUT2D eigenvalue weighted by molar-refractivity contribution is -0.137. The Labute approximate surface area is 172 Å². The SMILES string of the molecule is CC(C)(C)c1cc(NC(=O)[C@@H]2CCCN2S(=O)(=O)c2ccc(C(F)(F)F)cc2)no1. The van der Waals surface area contributed by atoms with Gasteiger partial charge >= 0.3 is 6.18 Å². The van der Waals surface area contributed by atoms with E-state index in [4.69, 9.17) is 4.52 Å². The number of carbonyl (C=O) groups is 1. The molecule has 1 saturated heterocycles. The summed E-state index contributed by atoms with van der Waals surface area (Å²) in [5.41, 5.74) is -1.26.